The van der Waals surface area contributed by atoms with Gasteiger partial charge in [-0.3, -0.25) is 0 Å². The number of hydrogen-bond acceptors (Lipinski definition) is 6. The van der Waals surface area contributed by atoms with Gasteiger partial charge >= 0.3 is 12.2 Å². The van der Waals surface area contributed by atoms with E-state index in [1.54, 1.807) is 0 Å². The maximum Gasteiger partial charge on any atom is 0.407 e. The normalized spacial score (nSPS) is 27.7. The summed E-state index contributed by atoms with van der Waals surface area (Å²) in [4.78, 5) is 22.5. The topological polar surface area (TPSA) is 101 Å². The van der Waals surface area contributed by atoms with Crippen LogP contribution in [-0.4, -0.2) is 60.6 Å². The van der Waals surface area contributed by atoms with Gasteiger partial charge in [-0.2, -0.15) is 0 Å². The van der Waals surface area contributed by atoms with Gasteiger partial charge in [-0.15, -0.1) is 0 Å². The molecular formula is C18H36N4O4. The van der Waals surface area contributed by atoms with Crippen molar-refractivity contribution in [3.63, 3.8) is 0 Å². The molecule has 0 unspecified atom stereocenters. The van der Waals surface area contributed by atoms with E-state index in [0.29, 0.717) is 12.1 Å². The summed E-state index contributed by atoms with van der Waals surface area (Å²) in [7, 11) is 0. The highest BCUT2D eigenvalue weighted by molar-refractivity contribution is 5.68. The molecule has 2 aliphatic heterocycles. The molecule has 4 N–H and O–H groups in total. The quantitative estimate of drug-likeness (QED) is 0.589. The van der Waals surface area contributed by atoms with Gasteiger partial charge in [0.05, 0.1) is 12.1 Å². The first-order valence-electron chi connectivity index (χ1n) is 9.22. The Kier molecular flexibility index (Phi) is 7.70. The lowest BCUT2D eigenvalue weighted by molar-refractivity contribution is 0.0457. The second-order valence-electron chi connectivity index (χ2n) is 8.90. The van der Waals surface area contributed by atoms with E-state index in [-0.39, 0.29) is 24.3 Å². The van der Waals surface area contributed by atoms with Crippen LogP contribution in [0.15, 0.2) is 0 Å². The molecule has 2 heterocycles. The maximum atomic E-state index is 11.2. The lowest BCUT2D eigenvalue weighted by Gasteiger charge is -2.36. The predicted octanol–water partition coefficient (Wildman–Crippen LogP) is 1.74. The van der Waals surface area contributed by atoms with Crippen molar-refractivity contribution in [3.05, 3.63) is 0 Å². The Bertz CT molecular complexity index is 441. The second-order valence-corrected chi connectivity index (χ2v) is 8.90. The summed E-state index contributed by atoms with van der Waals surface area (Å²) in [5, 5.41) is 11.9. The minimum Gasteiger partial charge on any atom is -0.444 e. The third-order valence-electron chi connectivity index (χ3n) is 3.93. The number of ether oxygens (including phenoxy) is 2. The Morgan fingerprint density at radius 1 is 0.769 bits per heavy atom. The summed E-state index contributed by atoms with van der Waals surface area (Å²) < 4.78 is 10.2. The molecule has 0 aromatic carbocycles. The number of rotatable bonds is 2. The van der Waals surface area contributed by atoms with Crippen molar-refractivity contribution in [1.82, 2.24) is 21.3 Å². The van der Waals surface area contributed by atoms with Crippen molar-refractivity contribution in [3.8, 4) is 0 Å². The Morgan fingerprint density at radius 2 is 1.08 bits per heavy atom. The first-order chi connectivity index (χ1) is 11.8. The zero-order valence-corrected chi connectivity index (χ0v) is 17.4. The largest absolute Gasteiger partial charge is 0.444 e. The van der Waals surface area contributed by atoms with Gasteiger partial charge in [-0.25, -0.2) is 9.59 Å². The molecular weight excluding hydrogens is 336 g/mol. The van der Waals surface area contributed by atoms with E-state index in [2.05, 4.69) is 21.3 Å². The molecule has 0 aliphatic carbocycles. The van der Waals surface area contributed by atoms with Gasteiger partial charge in [0.1, 0.15) is 11.2 Å². The third-order valence-corrected chi connectivity index (χ3v) is 3.93. The molecule has 0 aromatic heterocycles. The maximum absolute atomic E-state index is 11.2. The lowest BCUT2D eigenvalue weighted by atomic mass is 10.0. The first-order valence-corrected chi connectivity index (χ1v) is 9.22. The second kappa shape index (κ2) is 8.90. The van der Waals surface area contributed by atoms with Gasteiger partial charge in [-0.05, 0) is 55.4 Å². The fourth-order valence-corrected chi connectivity index (χ4v) is 2.21. The first kappa shape index (κ1) is 22.5. The van der Waals surface area contributed by atoms with Gasteiger partial charge in [0.2, 0.25) is 0 Å². The Labute approximate surface area is 157 Å². The third kappa shape index (κ3) is 8.71. The van der Waals surface area contributed by atoms with Gasteiger partial charge in [0.25, 0.3) is 0 Å². The van der Waals surface area contributed by atoms with Crippen molar-refractivity contribution < 1.29 is 19.1 Å². The van der Waals surface area contributed by atoms with Crippen LogP contribution in [0, 0.1) is 0 Å². The minimum atomic E-state index is -0.412. The standard InChI is InChI=1S/2C9H18N2O2/c2*1-6-7(5-10-6)11-8(12)13-9(2,3)4/h2*6-7,10H,5H2,1-4H3,(H,11,12)/t2*6-,7-/m10/s1. The van der Waals surface area contributed by atoms with Gasteiger partial charge < -0.3 is 30.7 Å². The number of carbonyl (C=O) groups is 2. The molecule has 0 radical (unpaired) electrons. The molecule has 2 aliphatic rings. The number of carbonyl (C=O) groups excluding carboxylic acids is 2. The van der Waals surface area contributed by atoms with Crippen LogP contribution < -0.4 is 21.3 Å². The van der Waals surface area contributed by atoms with E-state index in [4.69, 9.17) is 9.47 Å². The molecule has 8 heteroatoms. The summed E-state index contributed by atoms with van der Waals surface area (Å²) >= 11 is 0. The van der Waals surface area contributed by atoms with Gasteiger partial charge in [0, 0.05) is 25.2 Å². The number of hydrogen-bond donors (Lipinski definition) is 4. The highest BCUT2D eigenvalue weighted by atomic mass is 16.6. The summed E-state index contributed by atoms with van der Waals surface area (Å²) in [6.45, 7) is 16.9. The highest BCUT2D eigenvalue weighted by Crippen LogP contribution is 2.09. The molecule has 8 nitrogen and oxygen atoms in total. The fourth-order valence-electron chi connectivity index (χ4n) is 2.21. The average Bonchev–Trinajstić information content (AvgIpc) is 2.44. The van der Waals surface area contributed by atoms with Gasteiger partial charge in [0.15, 0.2) is 0 Å². The van der Waals surface area contributed by atoms with Crippen LogP contribution in [0.3, 0.4) is 0 Å². The SMILES string of the molecule is C[C@@H]1NC[C@@H]1NC(=O)OC(C)(C)C.C[C@H]1NC[C@H]1NC(=O)OC(C)(C)C. The number of amides is 2. The van der Waals surface area contributed by atoms with Crippen LogP contribution in [0.25, 0.3) is 0 Å². The van der Waals surface area contributed by atoms with E-state index >= 15 is 0 Å². The Hall–Kier alpha value is -1.54. The summed E-state index contributed by atoms with van der Waals surface area (Å²) in [6.07, 6.45) is -0.656. The van der Waals surface area contributed by atoms with Crippen molar-refractivity contribution in [2.24, 2.45) is 0 Å². The molecule has 0 aromatic rings. The predicted molar refractivity (Wildman–Crippen MR) is 101 cm³/mol. The average molecular weight is 373 g/mol. The molecule has 4 atom stereocenters. The smallest absolute Gasteiger partial charge is 0.407 e. The van der Waals surface area contributed by atoms with E-state index in [0.717, 1.165) is 13.1 Å². The summed E-state index contributed by atoms with van der Waals surface area (Å²) in [5.74, 6) is 0. The van der Waals surface area contributed by atoms with Crippen LogP contribution in [0.2, 0.25) is 0 Å². The lowest BCUT2D eigenvalue weighted by Crippen LogP contribution is -2.63. The number of nitrogens with one attached hydrogen (secondary N) is 4. The summed E-state index contributed by atoms with van der Waals surface area (Å²) in [6, 6.07) is 1.14. The molecule has 2 amide bonds. The highest BCUT2D eigenvalue weighted by Gasteiger charge is 2.30. The van der Waals surface area contributed by atoms with Gasteiger partial charge in [-0.1, -0.05) is 0 Å². The van der Waals surface area contributed by atoms with Crippen molar-refractivity contribution in [1.29, 1.82) is 0 Å². The van der Waals surface area contributed by atoms with E-state index in [9.17, 15) is 9.59 Å². The van der Waals surface area contributed by atoms with Crippen LogP contribution in [-0.2, 0) is 9.47 Å². The monoisotopic (exact) mass is 372 g/mol. The van der Waals surface area contributed by atoms with Crippen LogP contribution in [0.5, 0.6) is 0 Å². The molecule has 2 saturated heterocycles. The Morgan fingerprint density at radius 3 is 1.23 bits per heavy atom. The molecule has 0 spiro atoms. The molecule has 0 saturated carbocycles. The summed E-state index contributed by atoms with van der Waals surface area (Å²) in [5.41, 5.74) is -0.824. The zero-order chi connectivity index (χ0) is 20.1. The van der Waals surface area contributed by atoms with E-state index in [1.165, 1.54) is 0 Å². The Balaban J connectivity index is 0.000000260. The molecule has 26 heavy (non-hydrogen) atoms. The van der Waals surface area contributed by atoms with Crippen LogP contribution in [0.1, 0.15) is 55.4 Å². The van der Waals surface area contributed by atoms with Crippen molar-refractivity contribution in [2.75, 3.05) is 13.1 Å². The van der Waals surface area contributed by atoms with E-state index in [1.807, 2.05) is 55.4 Å². The molecule has 2 fully saturated rings. The molecule has 2 rings (SSSR count). The van der Waals surface area contributed by atoms with Crippen LogP contribution in [0.4, 0.5) is 9.59 Å². The zero-order valence-electron chi connectivity index (χ0n) is 17.4. The molecule has 0 bridgehead atoms. The fraction of sp³-hybridized carbons (Fsp3) is 0.889. The number of alkyl carbamates (subject to hydrolysis) is 2. The molecule has 152 valence electrons. The van der Waals surface area contributed by atoms with Crippen LogP contribution >= 0.6 is 0 Å². The van der Waals surface area contributed by atoms with E-state index < -0.39 is 11.2 Å². The van der Waals surface area contributed by atoms with Crippen molar-refractivity contribution in [2.45, 2.75) is 90.8 Å². The minimum absolute atomic E-state index is 0.217. The van der Waals surface area contributed by atoms with Crippen molar-refractivity contribution >= 4 is 12.2 Å².